The fourth-order valence-electron chi connectivity index (χ4n) is 8.32. The molecular weight excluding hydrogens is 969 g/mol. The molecule has 330 valence electrons. The summed E-state index contributed by atoms with van der Waals surface area (Å²) in [6.07, 6.45) is 1.74. The molecule has 6 heteroatoms. The number of hydrogen-bond acceptors (Lipinski definition) is 3. The van der Waals surface area contributed by atoms with Gasteiger partial charge in [-0.05, 0) is 80.3 Å². The quantitative estimate of drug-likeness (QED) is 0.169. The number of fused-ring (bicyclic) bond motifs is 1. The number of para-hydroxylation sites is 1. The molecule has 0 atom stereocenters. The molecule has 2 heterocycles. The summed E-state index contributed by atoms with van der Waals surface area (Å²) in [5.74, 6) is 0.599. The van der Waals surface area contributed by atoms with E-state index in [0.717, 1.165) is 66.8 Å². The third-order valence-corrected chi connectivity index (χ3v) is 12.1. The van der Waals surface area contributed by atoms with Gasteiger partial charge < -0.3 is 5.11 Å². The Bertz CT molecular complexity index is 3010. The zero-order valence-corrected chi connectivity index (χ0v) is 41.5. The van der Waals surface area contributed by atoms with Crippen LogP contribution in [-0.4, -0.2) is 19.6 Å². The molecular formula is C58H59FN3OPt-. The van der Waals surface area contributed by atoms with E-state index in [4.69, 9.17) is 9.97 Å². The minimum atomic E-state index is -0.345. The van der Waals surface area contributed by atoms with Crippen molar-refractivity contribution in [3.05, 3.63) is 168 Å². The molecule has 0 spiro atoms. The summed E-state index contributed by atoms with van der Waals surface area (Å²) in [4.78, 5) is 10.4. The van der Waals surface area contributed by atoms with E-state index in [1.807, 2.05) is 24.3 Å². The number of nitrogens with zero attached hydrogens (tertiary/aromatic N) is 3. The van der Waals surface area contributed by atoms with E-state index in [0.29, 0.717) is 22.6 Å². The van der Waals surface area contributed by atoms with Crippen molar-refractivity contribution >= 4 is 11.0 Å². The van der Waals surface area contributed by atoms with Crippen LogP contribution in [0.4, 0.5) is 4.39 Å². The number of halogens is 1. The van der Waals surface area contributed by atoms with Crippen LogP contribution in [0.3, 0.4) is 0 Å². The van der Waals surface area contributed by atoms with Gasteiger partial charge in [-0.1, -0.05) is 173 Å². The number of phenols is 1. The fourth-order valence-corrected chi connectivity index (χ4v) is 8.32. The molecule has 8 rings (SSSR count). The monoisotopic (exact) mass is 1030 g/mol. The summed E-state index contributed by atoms with van der Waals surface area (Å²) in [6.45, 7) is 26.4. The third kappa shape index (κ3) is 9.02. The van der Waals surface area contributed by atoms with Gasteiger partial charge in [0.25, 0.3) is 0 Å². The normalized spacial score (nSPS) is 12.4. The van der Waals surface area contributed by atoms with Gasteiger partial charge >= 0.3 is 0 Å². The number of hydrogen-bond donors (Lipinski definition) is 1. The summed E-state index contributed by atoms with van der Waals surface area (Å²) in [6, 6.07) is 46.6. The SMILES string of the molecule is CC(C)(C)c1cc(-c2cc(-c3ccccc3F)ccn2)[c-]c(-c2cccc3c2nc(-c2cc(C(C)(C)C)cc(C(C)(C)C)c2O)n3-c2ccc(C(C)(C)C)cc2-c2ccccc2)c1.[Pt]. The first-order valence-corrected chi connectivity index (χ1v) is 22.0. The van der Waals surface area contributed by atoms with Crippen molar-refractivity contribution < 1.29 is 30.6 Å². The standard InChI is InChI=1S/C58H59FN3O.Pt/c1-55(2,3)40-25-26-50(45(33-40)36-19-14-13-15-20-36)62-51-24-18-22-44(52(51)61-54(62)46-34-42(57(7,8)9)35-47(53(46)63)58(10,11)12)38-29-39(31-41(30-38)56(4,5)6)49-32-37(27-28-60-49)43-21-16-17-23-48(43)59;/h13-28,30-35,63H,1-12H3;/q-1;. The molecule has 0 bridgehead atoms. The summed E-state index contributed by atoms with van der Waals surface area (Å²) < 4.78 is 17.3. The van der Waals surface area contributed by atoms with Gasteiger partial charge in [0.1, 0.15) is 17.4 Å². The first kappa shape index (κ1) is 46.4. The maximum Gasteiger partial charge on any atom is 0.148 e. The summed E-state index contributed by atoms with van der Waals surface area (Å²) >= 11 is 0. The van der Waals surface area contributed by atoms with E-state index in [-0.39, 0.29) is 54.3 Å². The van der Waals surface area contributed by atoms with Gasteiger partial charge in [0.05, 0.1) is 22.3 Å². The average molecular weight is 1030 g/mol. The molecule has 6 aromatic carbocycles. The number of rotatable bonds is 6. The summed E-state index contributed by atoms with van der Waals surface area (Å²) in [5, 5.41) is 12.5. The van der Waals surface area contributed by atoms with Crippen molar-refractivity contribution in [2.75, 3.05) is 0 Å². The molecule has 0 unspecified atom stereocenters. The average Bonchev–Trinajstić information content (AvgIpc) is 3.62. The zero-order chi connectivity index (χ0) is 45.2. The van der Waals surface area contributed by atoms with Crippen LogP contribution in [-0.2, 0) is 42.7 Å². The Morgan fingerprint density at radius 2 is 1.14 bits per heavy atom. The molecule has 0 aliphatic carbocycles. The molecule has 4 nitrogen and oxygen atoms in total. The second-order valence-electron chi connectivity index (χ2n) is 21.1. The van der Waals surface area contributed by atoms with E-state index < -0.39 is 0 Å². The van der Waals surface area contributed by atoms with Crippen LogP contribution in [0.2, 0.25) is 0 Å². The Morgan fingerprint density at radius 1 is 0.531 bits per heavy atom. The van der Waals surface area contributed by atoms with Gasteiger partial charge in [0.15, 0.2) is 0 Å². The molecule has 2 aromatic heterocycles. The van der Waals surface area contributed by atoms with Gasteiger partial charge in [-0.15, -0.1) is 29.3 Å². The number of aromatic hydroxyl groups is 1. The van der Waals surface area contributed by atoms with Crippen LogP contribution in [0.1, 0.15) is 105 Å². The summed E-state index contributed by atoms with van der Waals surface area (Å²) in [5.41, 5.74) is 13.5. The van der Waals surface area contributed by atoms with E-state index in [1.54, 1.807) is 18.3 Å². The Morgan fingerprint density at radius 3 is 1.80 bits per heavy atom. The van der Waals surface area contributed by atoms with Crippen molar-refractivity contribution in [1.82, 2.24) is 14.5 Å². The maximum absolute atomic E-state index is 15.1. The Balaban J connectivity index is 0.00000612. The second-order valence-corrected chi connectivity index (χ2v) is 21.1. The number of aromatic nitrogens is 3. The van der Waals surface area contributed by atoms with Crippen LogP contribution in [0.5, 0.6) is 5.75 Å². The van der Waals surface area contributed by atoms with Crippen molar-refractivity contribution in [3.63, 3.8) is 0 Å². The van der Waals surface area contributed by atoms with Crippen LogP contribution >= 0.6 is 0 Å². The number of benzene rings is 6. The number of phenolic OH excluding ortho intramolecular Hbond substituents is 1. The Kier molecular flexibility index (Phi) is 12.4. The molecule has 0 saturated heterocycles. The Labute approximate surface area is 394 Å². The largest absolute Gasteiger partial charge is 0.507 e. The molecule has 64 heavy (non-hydrogen) atoms. The molecule has 0 amide bonds. The molecule has 0 fully saturated rings. The molecule has 0 saturated carbocycles. The van der Waals surface area contributed by atoms with E-state index in [1.165, 1.54) is 11.6 Å². The number of pyridine rings is 1. The molecule has 0 aliphatic heterocycles. The molecule has 0 radical (unpaired) electrons. The fraction of sp³-hybridized carbons (Fsp3) is 0.276. The first-order valence-electron chi connectivity index (χ1n) is 22.0. The second kappa shape index (κ2) is 17.1. The van der Waals surface area contributed by atoms with Gasteiger partial charge in [-0.25, -0.2) is 9.37 Å². The molecule has 8 aromatic rings. The maximum atomic E-state index is 15.1. The number of imidazole rings is 1. The topological polar surface area (TPSA) is 50.9 Å². The minimum absolute atomic E-state index is 0. The van der Waals surface area contributed by atoms with Crippen molar-refractivity contribution in [3.8, 4) is 67.5 Å². The minimum Gasteiger partial charge on any atom is -0.507 e. The Hall–Kier alpha value is -5.64. The zero-order valence-electron chi connectivity index (χ0n) is 39.2. The van der Waals surface area contributed by atoms with E-state index in [2.05, 4.69) is 179 Å². The van der Waals surface area contributed by atoms with Gasteiger partial charge in [0.2, 0.25) is 0 Å². The van der Waals surface area contributed by atoms with Crippen LogP contribution < -0.4 is 0 Å². The van der Waals surface area contributed by atoms with E-state index in [9.17, 15) is 5.11 Å². The predicted molar refractivity (Wildman–Crippen MR) is 261 cm³/mol. The van der Waals surface area contributed by atoms with Crippen molar-refractivity contribution in [1.29, 1.82) is 0 Å². The van der Waals surface area contributed by atoms with Crippen molar-refractivity contribution in [2.24, 2.45) is 0 Å². The first-order chi connectivity index (χ1) is 29.6. The van der Waals surface area contributed by atoms with Gasteiger partial charge in [-0.2, -0.15) is 0 Å². The molecule has 1 N–H and O–H groups in total. The third-order valence-electron chi connectivity index (χ3n) is 12.1. The van der Waals surface area contributed by atoms with Gasteiger partial charge in [0, 0.05) is 49.6 Å². The van der Waals surface area contributed by atoms with Gasteiger partial charge in [-0.3, -0.25) is 9.55 Å². The summed E-state index contributed by atoms with van der Waals surface area (Å²) in [7, 11) is 0. The van der Waals surface area contributed by atoms with Crippen LogP contribution in [0.25, 0.3) is 72.7 Å². The smallest absolute Gasteiger partial charge is 0.148 e. The van der Waals surface area contributed by atoms with Crippen LogP contribution in [0, 0.1) is 11.9 Å². The molecule has 0 aliphatic rings. The predicted octanol–water partition coefficient (Wildman–Crippen LogP) is 15.6. The van der Waals surface area contributed by atoms with Crippen molar-refractivity contribution in [2.45, 2.75) is 105 Å². The van der Waals surface area contributed by atoms with E-state index >= 15 is 4.39 Å². The van der Waals surface area contributed by atoms with Crippen LogP contribution in [0.15, 0.2) is 134 Å².